The number of aromatic nitrogens is 1. The first kappa shape index (κ1) is 34.3. The number of thioether (sulfide) groups is 1. The lowest BCUT2D eigenvalue weighted by Gasteiger charge is -2.25. The van der Waals surface area contributed by atoms with Crippen LogP contribution in [0.15, 0.2) is 138 Å². The molecule has 0 saturated carbocycles. The van der Waals surface area contributed by atoms with Crippen molar-refractivity contribution in [2.24, 2.45) is 0 Å². The molecule has 0 bridgehead atoms. The Labute approximate surface area is 295 Å². The van der Waals surface area contributed by atoms with E-state index in [0.29, 0.717) is 30.2 Å². The molecule has 0 aliphatic carbocycles. The molecule has 0 amide bonds. The maximum Gasteiger partial charge on any atom is 0.335 e. The molecule has 6 aromatic rings. The third kappa shape index (κ3) is 8.55. The van der Waals surface area contributed by atoms with E-state index in [0.717, 1.165) is 38.2 Å². The molecule has 0 saturated heterocycles. The second-order valence-corrected chi connectivity index (χ2v) is 15.1. The Kier molecular flexibility index (Phi) is 11.1. The van der Waals surface area contributed by atoms with E-state index in [1.165, 1.54) is 23.9 Å². The number of benzene rings is 5. The van der Waals surface area contributed by atoms with Crippen LogP contribution in [0.4, 0.5) is 0 Å². The number of ether oxygens (including phenoxy) is 1. The summed E-state index contributed by atoms with van der Waals surface area (Å²) in [6, 6.07) is 42.0. The Morgan fingerprint density at radius 1 is 0.816 bits per heavy atom. The molecule has 0 radical (unpaired) electrons. The van der Waals surface area contributed by atoms with Gasteiger partial charge in [0.2, 0.25) is 10.0 Å². The minimum absolute atomic E-state index is 0.0897. The normalized spacial score (nSPS) is 11.6. The van der Waals surface area contributed by atoms with Crippen LogP contribution in [0.3, 0.4) is 0 Å². The first-order valence-electron chi connectivity index (χ1n) is 15.8. The first-order chi connectivity index (χ1) is 23.8. The third-order valence-electron chi connectivity index (χ3n) is 8.20. The van der Waals surface area contributed by atoms with Crippen LogP contribution in [-0.4, -0.2) is 42.3 Å². The molecule has 0 atom stereocenters. The van der Waals surface area contributed by atoms with Gasteiger partial charge in [-0.05, 0) is 71.3 Å². The second kappa shape index (κ2) is 15.8. The Morgan fingerprint density at radius 3 is 2.04 bits per heavy atom. The highest BCUT2D eigenvalue weighted by Crippen LogP contribution is 2.38. The van der Waals surface area contributed by atoms with Crippen molar-refractivity contribution in [3.05, 3.63) is 166 Å². The molecule has 10 heteroatoms. The van der Waals surface area contributed by atoms with Crippen LogP contribution in [-0.2, 0) is 22.9 Å². The molecule has 5 aromatic carbocycles. The standard InChI is InChI=1S/C39H35ClN2O5S2/c40-31-18-21-36-35(26-31)34(23-25-47-32-19-16-30(17-20-32)39(43)44)37(22-24-41-49(45,46)27-48-33-14-8-3-9-15-33)42(36)38(28-10-4-1-5-11-28)29-12-6-2-7-13-29/h1-21,26,38,41H,22-25,27H2,(H,43,44). The van der Waals surface area contributed by atoms with Crippen molar-refractivity contribution < 1.29 is 23.1 Å². The lowest BCUT2D eigenvalue weighted by Crippen LogP contribution is -2.28. The second-order valence-electron chi connectivity index (χ2n) is 11.4. The van der Waals surface area contributed by atoms with Crippen LogP contribution in [0, 0.1) is 0 Å². The van der Waals surface area contributed by atoms with Gasteiger partial charge in [0.05, 0.1) is 18.2 Å². The highest BCUT2D eigenvalue weighted by Gasteiger charge is 2.26. The molecule has 1 aromatic heterocycles. The van der Waals surface area contributed by atoms with Crippen LogP contribution < -0.4 is 9.46 Å². The molecule has 6 rings (SSSR count). The molecule has 0 aliphatic heterocycles. The maximum absolute atomic E-state index is 13.1. The fraction of sp³-hybridized carbons (Fsp3) is 0.154. The molecule has 49 heavy (non-hydrogen) atoms. The quantitative estimate of drug-likeness (QED) is 0.104. The van der Waals surface area contributed by atoms with E-state index in [4.69, 9.17) is 16.3 Å². The van der Waals surface area contributed by atoms with Crippen molar-refractivity contribution in [2.75, 3.05) is 18.2 Å². The van der Waals surface area contributed by atoms with Crippen LogP contribution in [0.2, 0.25) is 5.02 Å². The molecule has 7 nitrogen and oxygen atoms in total. The number of sulfonamides is 1. The Bertz CT molecular complexity index is 2080. The van der Waals surface area contributed by atoms with Crippen LogP contribution in [0.25, 0.3) is 10.9 Å². The fourth-order valence-electron chi connectivity index (χ4n) is 6.01. The van der Waals surface area contributed by atoms with Gasteiger partial charge in [-0.25, -0.2) is 17.9 Å². The SMILES string of the molecule is O=C(O)c1ccc(OCCc2c(CCNS(=O)(=O)CSc3ccccc3)n(C(c3ccccc3)c3ccccc3)c3ccc(Cl)cc23)cc1. The smallest absolute Gasteiger partial charge is 0.335 e. The molecule has 0 unspecified atom stereocenters. The summed E-state index contributed by atoms with van der Waals surface area (Å²) in [6.07, 6.45) is 0.924. The molecule has 0 aliphatic rings. The van der Waals surface area contributed by atoms with Crippen molar-refractivity contribution in [1.82, 2.24) is 9.29 Å². The molecule has 0 fully saturated rings. The summed E-state index contributed by atoms with van der Waals surface area (Å²) in [4.78, 5) is 12.2. The number of aromatic carboxylic acids is 1. The number of rotatable bonds is 15. The van der Waals surface area contributed by atoms with E-state index in [9.17, 15) is 18.3 Å². The van der Waals surface area contributed by atoms with Crippen molar-refractivity contribution in [3.8, 4) is 5.75 Å². The average Bonchev–Trinajstić information content (AvgIpc) is 3.40. The predicted molar refractivity (Wildman–Crippen MR) is 197 cm³/mol. The van der Waals surface area contributed by atoms with E-state index >= 15 is 0 Å². The molecular formula is C39H35ClN2O5S2. The Balaban J connectivity index is 1.37. The van der Waals surface area contributed by atoms with Crippen molar-refractivity contribution in [3.63, 3.8) is 0 Å². The summed E-state index contributed by atoms with van der Waals surface area (Å²) < 4.78 is 37.5. The van der Waals surface area contributed by atoms with E-state index in [1.807, 2.05) is 84.9 Å². The van der Waals surface area contributed by atoms with Gasteiger partial charge >= 0.3 is 5.97 Å². The fourth-order valence-corrected chi connectivity index (χ4v) is 8.44. The van der Waals surface area contributed by atoms with Crippen molar-refractivity contribution in [2.45, 2.75) is 23.8 Å². The lowest BCUT2D eigenvalue weighted by molar-refractivity contribution is 0.0697. The van der Waals surface area contributed by atoms with Gasteiger partial charge in [0.15, 0.2) is 0 Å². The predicted octanol–water partition coefficient (Wildman–Crippen LogP) is 8.46. The van der Waals surface area contributed by atoms with E-state index < -0.39 is 16.0 Å². The zero-order valence-corrected chi connectivity index (χ0v) is 28.9. The van der Waals surface area contributed by atoms with E-state index in [-0.39, 0.29) is 23.2 Å². The number of hydrogen-bond acceptors (Lipinski definition) is 5. The van der Waals surface area contributed by atoms with Gasteiger partial charge < -0.3 is 14.4 Å². The van der Waals surface area contributed by atoms with Gasteiger partial charge in [0, 0.05) is 45.9 Å². The minimum atomic E-state index is -3.58. The number of nitrogens with zero attached hydrogens (tertiary/aromatic N) is 1. The summed E-state index contributed by atoms with van der Waals surface area (Å²) in [6.45, 7) is 0.508. The number of hydrogen-bond donors (Lipinski definition) is 2. The molecular weight excluding hydrogens is 676 g/mol. The number of carboxylic acid groups (broad SMARTS) is 1. The third-order valence-corrected chi connectivity index (χ3v) is 11.4. The summed E-state index contributed by atoms with van der Waals surface area (Å²) in [5.74, 6) is -0.440. The highest BCUT2D eigenvalue weighted by atomic mass is 35.5. The summed E-state index contributed by atoms with van der Waals surface area (Å²) in [5.41, 5.74) is 5.31. The average molecular weight is 711 g/mol. The van der Waals surface area contributed by atoms with Crippen molar-refractivity contribution >= 4 is 50.3 Å². The maximum atomic E-state index is 13.1. The minimum Gasteiger partial charge on any atom is -0.493 e. The van der Waals surface area contributed by atoms with Gasteiger partial charge in [-0.2, -0.15) is 0 Å². The molecule has 0 spiro atoms. The molecule has 250 valence electrons. The zero-order valence-electron chi connectivity index (χ0n) is 26.5. The molecule has 1 heterocycles. The van der Waals surface area contributed by atoms with E-state index in [1.54, 1.807) is 12.1 Å². The molecule has 2 N–H and O–H groups in total. The van der Waals surface area contributed by atoms with Gasteiger partial charge in [-0.15, -0.1) is 11.8 Å². The number of fused-ring (bicyclic) bond motifs is 1. The van der Waals surface area contributed by atoms with Gasteiger partial charge in [0.25, 0.3) is 0 Å². The summed E-state index contributed by atoms with van der Waals surface area (Å²) in [5, 5.41) is 10.7. The van der Waals surface area contributed by atoms with Crippen LogP contribution in [0.5, 0.6) is 5.75 Å². The number of carboxylic acids is 1. The largest absolute Gasteiger partial charge is 0.493 e. The van der Waals surface area contributed by atoms with Gasteiger partial charge in [0.1, 0.15) is 10.8 Å². The Morgan fingerprint density at radius 2 is 1.43 bits per heavy atom. The first-order valence-corrected chi connectivity index (χ1v) is 18.8. The van der Waals surface area contributed by atoms with Crippen molar-refractivity contribution in [1.29, 1.82) is 0 Å². The number of carbonyl (C=O) groups is 1. The summed E-state index contributed by atoms with van der Waals surface area (Å²) >= 11 is 7.88. The highest BCUT2D eigenvalue weighted by molar-refractivity contribution is 8.11. The van der Waals surface area contributed by atoms with Crippen LogP contribution in [0.1, 0.15) is 38.8 Å². The number of halogens is 1. The monoisotopic (exact) mass is 710 g/mol. The van der Waals surface area contributed by atoms with Crippen LogP contribution >= 0.6 is 23.4 Å². The van der Waals surface area contributed by atoms with Gasteiger partial charge in [-0.1, -0.05) is 90.5 Å². The topological polar surface area (TPSA) is 97.6 Å². The zero-order chi connectivity index (χ0) is 34.2. The van der Waals surface area contributed by atoms with Gasteiger partial charge in [-0.3, -0.25) is 0 Å². The summed E-state index contributed by atoms with van der Waals surface area (Å²) in [7, 11) is -3.58. The van der Waals surface area contributed by atoms with E-state index in [2.05, 4.69) is 33.6 Å². The number of nitrogens with one attached hydrogen (secondary N) is 1. The lowest BCUT2D eigenvalue weighted by atomic mass is 9.97. The Hall–Kier alpha value is -4.54.